The van der Waals surface area contributed by atoms with Gasteiger partial charge in [-0.3, -0.25) is 4.79 Å². The molecule has 1 aromatic carbocycles. The molecule has 0 aromatic heterocycles. The van der Waals surface area contributed by atoms with Crippen molar-refractivity contribution in [1.29, 1.82) is 0 Å². The van der Waals surface area contributed by atoms with Gasteiger partial charge in [0.25, 0.3) is 0 Å². The minimum Gasteiger partial charge on any atom is -0.469 e. The van der Waals surface area contributed by atoms with Crippen molar-refractivity contribution in [3.05, 3.63) is 35.6 Å². The first kappa shape index (κ1) is 13.6. The highest BCUT2D eigenvalue weighted by molar-refractivity contribution is 5.71. The molecule has 0 unspecified atom stereocenters. The van der Waals surface area contributed by atoms with E-state index in [1.165, 1.54) is 19.2 Å². The van der Waals surface area contributed by atoms with Crippen LogP contribution in [0, 0.1) is 11.7 Å². The van der Waals surface area contributed by atoms with Crippen LogP contribution in [-0.2, 0) is 16.0 Å². The maximum Gasteiger partial charge on any atom is 0.309 e. The molecule has 1 aromatic rings. The molecule has 0 heterocycles. The number of carbonyl (C=O) groups excluding carboxylic acids is 1. The number of ether oxygens (including phenoxy) is 1. The van der Waals surface area contributed by atoms with Gasteiger partial charge >= 0.3 is 5.97 Å². The van der Waals surface area contributed by atoms with E-state index in [1.54, 1.807) is 12.1 Å². The normalized spacial score (nSPS) is 12.2. The van der Waals surface area contributed by atoms with Crippen molar-refractivity contribution in [3.63, 3.8) is 0 Å². The minimum atomic E-state index is -0.221. The Kier molecular flexibility index (Phi) is 5.63. The molecule has 1 atom stereocenters. The van der Waals surface area contributed by atoms with Crippen molar-refractivity contribution in [2.75, 3.05) is 20.2 Å². The lowest BCUT2D eigenvalue weighted by Crippen LogP contribution is -2.28. The zero-order chi connectivity index (χ0) is 12.7. The number of hydrogen-bond acceptors (Lipinski definition) is 3. The fraction of sp³-hybridized carbons (Fsp3) is 0.462. The average Bonchev–Trinajstić information content (AvgIpc) is 2.35. The van der Waals surface area contributed by atoms with Crippen molar-refractivity contribution in [1.82, 2.24) is 5.32 Å². The second kappa shape index (κ2) is 7.01. The predicted octanol–water partition coefficient (Wildman–Crippen LogP) is 1.77. The van der Waals surface area contributed by atoms with Gasteiger partial charge in [-0.25, -0.2) is 4.39 Å². The van der Waals surface area contributed by atoms with Gasteiger partial charge in [0.05, 0.1) is 13.0 Å². The molecule has 0 aliphatic rings. The van der Waals surface area contributed by atoms with Crippen LogP contribution in [-0.4, -0.2) is 26.2 Å². The first-order chi connectivity index (χ1) is 8.13. The molecule has 17 heavy (non-hydrogen) atoms. The summed E-state index contributed by atoms with van der Waals surface area (Å²) in [6, 6.07) is 6.43. The number of halogens is 1. The van der Waals surface area contributed by atoms with Crippen LogP contribution >= 0.6 is 0 Å². The Bertz CT molecular complexity index is 351. The lowest BCUT2D eigenvalue weighted by molar-refractivity contribution is -0.144. The monoisotopic (exact) mass is 239 g/mol. The van der Waals surface area contributed by atoms with Gasteiger partial charge in [0.1, 0.15) is 5.82 Å². The van der Waals surface area contributed by atoms with Crippen LogP contribution in [0.2, 0.25) is 0 Å². The van der Waals surface area contributed by atoms with Crippen LogP contribution in [0.1, 0.15) is 12.5 Å². The Morgan fingerprint density at radius 1 is 1.41 bits per heavy atom. The summed E-state index contributed by atoms with van der Waals surface area (Å²) < 4.78 is 17.3. The average molecular weight is 239 g/mol. The summed E-state index contributed by atoms with van der Waals surface area (Å²) in [7, 11) is 1.39. The molecule has 3 nitrogen and oxygen atoms in total. The van der Waals surface area contributed by atoms with E-state index in [4.69, 9.17) is 0 Å². The van der Waals surface area contributed by atoms with Crippen molar-refractivity contribution in [3.8, 4) is 0 Å². The van der Waals surface area contributed by atoms with E-state index >= 15 is 0 Å². The predicted molar refractivity (Wildman–Crippen MR) is 64.2 cm³/mol. The maximum absolute atomic E-state index is 12.6. The second-order valence-corrected chi connectivity index (χ2v) is 4.00. The standard InChI is InChI=1S/C13H18FNO2/c1-10(13(16)17-2)9-15-8-7-11-3-5-12(14)6-4-11/h3-6,10,15H,7-9H2,1-2H3/t10-/m1/s1. The van der Waals surface area contributed by atoms with Gasteiger partial charge in [-0.15, -0.1) is 0 Å². The molecule has 0 aliphatic heterocycles. The van der Waals surface area contributed by atoms with E-state index in [1.807, 2.05) is 6.92 Å². The van der Waals surface area contributed by atoms with Crippen molar-refractivity contribution >= 4 is 5.97 Å². The number of carbonyl (C=O) groups is 1. The Balaban J connectivity index is 2.20. The highest BCUT2D eigenvalue weighted by Gasteiger charge is 2.11. The third kappa shape index (κ3) is 4.95. The van der Waals surface area contributed by atoms with Gasteiger partial charge in [-0.05, 0) is 30.7 Å². The van der Waals surface area contributed by atoms with Crippen LogP contribution in [0.5, 0.6) is 0 Å². The van der Waals surface area contributed by atoms with E-state index < -0.39 is 0 Å². The number of benzene rings is 1. The van der Waals surface area contributed by atoms with E-state index in [0.29, 0.717) is 6.54 Å². The van der Waals surface area contributed by atoms with Crippen LogP contribution in [0.4, 0.5) is 4.39 Å². The Labute approximate surface area is 101 Å². The molecular formula is C13H18FNO2. The molecule has 0 spiro atoms. The van der Waals surface area contributed by atoms with Gasteiger partial charge < -0.3 is 10.1 Å². The number of nitrogens with one attached hydrogen (secondary N) is 1. The molecular weight excluding hydrogens is 221 g/mol. The van der Waals surface area contributed by atoms with E-state index in [2.05, 4.69) is 10.1 Å². The van der Waals surface area contributed by atoms with E-state index in [0.717, 1.165) is 18.5 Å². The topological polar surface area (TPSA) is 38.3 Å². The fourth-order valence-electron chi connectivity index (χ4n) is 1.49. The van der Waals surface area contributed by atoms with Crippen molar-refractivity contribution < 1.29 is 13.9 Å². The quantitative estimate of drug-likeness (QED) is 0.607. The summed E-state index contributed by atoms with van der Waals surface area (Å²) in [6.45, 7) is 3.16. The molecule has 94 valence electrons. The van der Waals surface area contributed by atoms with Crippen LogP contribution < -0.4 is 5.32 Å². The largest absolute Gasteiger partial charge is 0.469 e. The molecule has 4 heteroatoms. The molecule has 1 N–H and O–H groups in total. The molecule has 0 bridgehead atoms. The molecule has 1 rings (SSSR count). The molecule has 0 aliphatic carbocycles. The van der Waals surface area contributed by atoms with Gasteiger partial charge in [0.15, 0.2) is 0 Å². The van der Waals surface area contributed by atoms with Crippen molar-refractivity contribution in [2.45, 2.75) is 13.3 Å². The maximum atomic E-state index is 12.6. The summed E-state index contributed by atoms with van der Waals surface area (Å²) in [5, 5.41) is 3.17. The lowest BCUT2D eigenvalue weighted by atomic mass is 10.1. The highest BCUT2D eigenvalue weighted by Crippen LogP contribution is 2.03. The molecule has 0 radical (unpaired) electrons. The summed E-state index contributed by atoms with van der Waals surface area (Å²) in [6.07, 6.45) is 0.814. The smallest absolute Gasteiger partial charge is 0.309 e. The van der Waals surface area contributed by atoms with Gasteiger partial charge in [-0.2, -0.15) is 0 Å². The summed E-state index contributed by atoms with van der Waals surface area (Å²) in [5.74, 6) is -0.575. The second-order valence-electron chi connectivity index (χ2n) is 4.00. The van der Waals surface area contributed by atoms with Crippen LogP contribution in [0.25, 0.3) is 0 Å². The molecule has 0 amide bonds. The summed E-state index contributed by atoms with van der Waals surface area (Å²) >= 11 is 0. The lowest BCUT2D eigenvalue weighted by Gasteiger charge is -2.10. The first-order valence-corrected chi connectivity index (χ1v) is 5.66. The number of rotatable bonds is 6. The fourth-order valence-corrected chi connectivity index (χ4v) is 1.49. The Morgan fingerprint density at radius 2 is 2.06 bits per heavy atom. The summed E-state index contributed by atoms with van der Waals surface area (Å²) in [5.41, 5.74) is 1.07. The van der Waals surface area contributed by atoms with Crippen molar-refractivity contribution in [2.24, 2.45) is 5.92 Å². The number of hydrogen-bond donors (Lipinski definition) is 1. The van der Waals surface area contributed by atoms with E-state index in [9.17, 15) is 9.18 Å². The zero-order valence-electron chi connectivity index (χ0n) is 10.2. The zero-order valence-corrected chi connectivity index (χ0v) is 10.2. The first-order valence-electron chi connectivity index (χ1n) is 5.66. The van der Waals surface area contributed by atoms with Gasteiger partial charge in [0, 0.05) is 6.54 Å². The van der Waals surface area contributed by atoms with E-state index in [-0.39, 0.29) is 17.7 Å². The molecule has 0 saturated heterocycles. The van der Waals surface area contributed by atoms with Crippen LogP contribution in [0.15, 0.2) is 24.3 Å². The Morgan fingerprint density at radius 3 is 2.65 bits per heavy atom. The molecule has 0 fully saturated rings. The van der Waals surface area contributed by atoms with Crippen LogP contribution in [0.3, 0.4) is 0 Å². The van der Waals surface area contributed by atoms with Gasteiger partial charge in [-0.1, -0.05) is 19.1 Å². The SMILES string of the molecule is COC(=O)[C@H](C)CNCCc1ccc(F)cc1. The number of esters is 1. The summed E-state index contributed by atoms with van der Waals surface area (Å²) in [4.78, 5) is 11.1. The minimum absolute atomic E-state index is 0.145. The van der Waals surface area contributed by atoms with Gasteiger partial charge in [0.2, 0.25) is 0 Å². The number of methoxy groups -OCH3 is 1. The third-order valence-electron chi connectivity index (χ3n) is 2.56. The Hall–Kier alpha value is -1.42. The third-order valence-corrected chi connectivity index (χ3v) is 2.56. The molecule has 0 saturated carbocycles. The highest BCUT2D eigenvalue weighted by atomic mass is 19.1.